The lowest BCUT2D eigenvalue weighted by Gasteiger charge is -2.31. The summed E-state index contributed by atoms with van der Waals surface area (Å²) in [5.41, 5.74) is -1.75. The second kappa shape index (κ2) is 3.75. The smallest absolute Gasteiger partial charge is 0.450 e. The summed E-state index contributed by atoms with van der Waals surface area (Å²) in [6.45, 7) is 1.05. The van der Waals surface area contributed by atoms with Gasteiger partial charge in [0, 0.05) is 13.1 Å². The molecule has 88 valence electrons. The molecule has 2 aliphatic rings. The van der Waals surface area contributed by atoms with Crippen LogP contribution in [0.25, 0.3) is 0 Å². The van der Waals surface area contributed by atoms with E-state index in [1.165, 1.54) is 0 Å². The van der Waals surface area contributed by atoms with E-state index in [0.717, 1.165) is 12.8 Å². The van der Waals surface area contributed by atoms with Gasteiger partial charge in [0.15, 0.2) is 0 Å². The third-order valence-electron chi connectivity index (χ3n) is 2.78. The predicted octanol–water partition coefficient (Wildman–Crippen LogP) is -0.0534. The van der Waals surface area contributed by atoms with Gasteiger partial charge in [0.1, 0.15) is 6.42 Å². The summed E-state index contributed by atoms with van der Waals surface area (Å²) < 4.78 is 9.00. The maximum atomic E-state index is 11.6. The monoisotopic (exact) mass is 229 g/mol. The normalized spacial score (nSPS) is 30.5. The molecule has 7 nitrogen and oxygen atoms in total. The van der Waals surface area contributed by atoms with E-state index in [4.69, 9.17) is 5.11 Å². The highest BCUT2D eigenvalue weighted by Gasteiger charge is 2.57. The van der Waals surface area contributed by atoms with Crippen LogP contribution in [-0.4, -0.2) is 46.9 Å². The van der Waals surface area contributed by atoms with E-state index < -0.39 is 23.8 Å². The number of hydrogen-bond donors (Lipinski definition) is 1. The van der Waals surface area contributed by atoms with Crippen molar-refractivity contribution in [2.75, 3.05) is 13.1 Å². The van der Waals surface area contributed by atoms with Gasteiger partial charge in [0.2, 0.25) is 0 Å². The van der Waals surface area contributed by atoms with Crippen molar-refractivity contribution in [1.82, 2.24) is 4.90 Å². The fourth-order valence-corrected chi connectivity index (χ4v) is 2.09. The van der Waals surface area contributed by atoms with Crippen molar-refractivity contribution in [3.63, 3.8) is 0 Å². The van der Waals surface area contributed by atoms with Gasteiger partial charge in [-0.2, -0.15) is 0 Å². The maximum absolute atomic E-state index is 11.6. The lowest BCUT2D eigenvalue weighted by Crippen LogP contribution is -2.54. The predicted molar refractivity (Wildman–Crippen MR) is 48.4 cm³/mol. The zero-order chi connectivity index (χ0) is 11.8. The van der Waals surface area contributed by atoms with Gasteiger partial charge in [0.25, 0.3) is 5.72 Å². The molecule has 2 heterocycles. The Hall–Kier alpha value is -1.63. The molecule has 2 rings (SSSR count). The van der Waals surface area contributed by atoms with Crippen LogP contribution >= 0.6 is 0 Å². The van der Waals surface area contributed by atoms with Crippen molar-refractivity contribution in [3.8, 4) is 0 Å². The first-order valence-electron chi connectivity index (χ1n) is 4.97. The van der Waals surface area contributed by atoms with Gasteiger partial charge in [-0.3, -0.25) is 9.69 Å². The number of cyclic esters (lactones) is 2. The van der Waals surface area contributed by atoms with Crippen LogP contribution in [-0.2, 0) is 19.1 Å². The molecule has 2 fully saturated rings. The average molecular weight is 229 g/mol. The Kier molecular flexibility index (Phi) is 2.55. The Morgan fingerprint density at radius 2 is 2.00 bits per heavy atom. The minimum atomic E-state index is -1.75. The Morgan fingerprint density at radius 3 is 2.44 bits per heavy atom. The largest absolute Gasteiger partial charge is 0.508 e. The number of carbonyl (C=O) groups excluding carboxylic acids is 2. The van der Waals surface area contributed by atoms with Crippen LogP contribution in [0.3, 0.4) is 0 Å². The molecule has 0 bridgehead atoms. The van der Waals surface area contributed by atoms with Crippen LogP contribution in [0, 0.1) is 0 Å². The van der Waals surface area contributed by atoms with E-state index in [9.17, 15) is 14.4 Å². The van der Waals surface area contributed by atoms with Crippen molar-refractivity contribution in [2.45, 2.75) is 25.0 Å². The number of esters is 2. The van der Waals surface area contributed by atoms with E-state index in [0.29, 0.717) is 13.1 Å². The number of ether oxygens (including phenoxy) is 2. The highest BCUT2D eigenvalue weighted by molar-refractivity contribution is 5.99. The molecule has 1 atom stereocenters. The molecule has 7 heteroatoms. The maximum Gasteiger partial charge on any atom is 0.508 e. The molecule has 0 saturated carbocycles. The van der Waals surface area contributed by atoms with E-state index in [2.05, 4.69) is 9.47 Å². The van der Waals surface area contributed by atoms with E-state index >= 15 is 0 Å². The highest BCUT2D eigenvalue weighted by atomic mass is 16.7. The molecule has 0 aliphatic carbocycles. The van der Waals surface area contributed by atoms with Gasteiger partial charge in [-0.25, -0.2) is 9.59 Å². The lowest BCUT2D eigenvalue weighted by atomic mass is 10.1. The van der Waals surface area contributed by atoms with Gasteiger partial charge in [-0.05, 0) is 12.8 Å². The second-order valence-corrected chi connectivity index (χ2v) is 3.78. The zero-order valence-corrected chi connectivity index (χ0v) is 8.47. The Balaban J connectivity index is 2.27. The molecule has 1 N–H and O–H groups in total. The average Bonchev–Trinajstić information content (AvgIpc) is 2.74. The first-order valence-corrected chi connectivity index (χ1v) is 4.97. The molecule has 0 spiro atoms. The summed E-state index contributed by atoms with van der Waals surface area (Å²) in [4.78, 5) is 34.8. The van der Waals surface area contributed by atoms with Crippen molar-refractivity contribution >= 4 is 18.1 Å². The topological polar surface area (TPSA) is 93.1 Å². The molecule has 0 unspecified atom stereocenters. The first-order chi connectivity index (χ1) is 7.54. The molecular formula is C9H11NO6. The summed E-state index contributed by atoms with van der Waals surface area (Å²) in [7, 11) is 0. The molecule has 0 aromatic rings. The van der Waals surface area contributed by atoms with Crippen molar-refractivity contribution < 1.29 is 29.0 Å². The molecule has 0 aromatic carbocycles. The minimum Gasteiger partial charge on any atom is -0.450 e. The van der Waals surface area contributed by atoms with Crippen molar-refractivity contribution in [3.05, 3.63) is 0 Å². The summed E-state index contributed by atoms with van der Waals surface area (Å²) in [5, 5.41) is 8.64. The SMILES string of the molecule is O=C(O)O[C@@]1(N2CCCC2)CC(=O)OC1=O. The molecular weight excluding hydrogens is 218 g/mol. The van der Waals surface area contributed by atoms with E-state index in [1.54, 1.807) is 4.90 Å². The number of nitrogens with zero attached hydrogens (tertiary/aromatic N) is 1. The van der Waals surface area contributed by atoms with Gasteiger partial charge in [-0.15, -0.1) is 0 Å². The van der Waals surface area contributed by atoms with Crippen LogP contribution in [0.15, 0.2) is 0 Å². The number of rotatable bonds is 2. The van der Waals surface area contributed by atoms with Crippen LogP contribution in [0.2, 0.25) is 0 Å². The molecule has 0 amide bonds. The number of carbonyl (C=O) groups is 3. The standard InChI is InChI=1S/C9H11NO6/c11-6-5-9(7(12)15-6,16-8(13)14)10-3-1-2-4-10/h1-5H2,(H,13,14)/t9-/m0/s1. The fraction of sp³-hybridized carbons (Fsp3) is 0.667. The number of hydrogen-bond acceptors (Lipinski definition) is 6. The van der Waals surface area contributed by atoms with E-state index in [1.807, 2.05) is 0 Å². The van der Waals surface area contributed by atoms with Crippen LogP contribution in [0.5, 0.6) is 0 Å². The van der Waals surface area contributed by atoms with Gasteiger partial charge < -0.3 is 14.6 Å². The summed E-state index contributed by atoms with van der Waals surface area (Å²) in [6.07, 6.45) is -0.269. The first kappa shape index (κ1) is 10.9. The highest BCUT2D eigenvalue weighted by Crippen LogP contribution is 2.32. The Labute approximate surface area is 90.9 Å². The quantitative estimate of drug-likeness (QED) is 0.524. The zero-order valence-electron chi connectivity index (χ0n) is 8.47. The summed E-state index contributed by atoms with van der Waals surface area (Å²) >= 11 is 0. The van der Waals surface area contributed by atoms with Gasteiger partial charge in [-0.1, -0.05) is 0 Å². The Bertz CT molecular complexity index is 348. The van der Waals surface area contributed by atoms with Crippen LogP contribution in [0.4, 0.5) is 4.79 Å². The summed E-state index contributed by atoms with van der Waals surface area (Å²) in [5.74, 6) is -1.68. The van der Waals surface area contributed by atoms with Crippen molar-refractivity contribution in [2.24, 2.45) is 0 Å². The molecule has 0 radical (unpaired) electrons. The Morgan fingerprint density at radius 1 is 1.38 bits per heavy atom. The summed E-state index contributed by atoms with van der Waals surface area (Å²) in [6, 6.07) is 0. The third kappa shape index (κ3) is 1.63. The fourth-order valence-electron chi connectivity index (χ4n) is 2.09. The molecule has 2 saturated heterocycles. The third-order valence-corrected chi connectivity index (χ3v) is 2.78. The van der Waals surface area contributed by atoms with Gasteiger partial charge in [0.05, 0.1) is 0 Å². The lowest BCUT2D eigenvalue weighted by molar-refractivity contribution is -0.174. The van der Waals surface area contributed by atoms with Gasteiger partial charge >= 0.3 is 18.1 Å². The van der Waals surface area contributed by atoms with Crippen LogP contribution in [0.1, 0.15) is 19.3 Å². The number of carboxylic acid groups (broad SMARTS) is 1. The molecule has 2 aliphatic heterocycles. The molecule has 0 aromatic heterocycles. The number of likely N-dealkylation sites (tertiary alicyclic amines) is 1. The van der Waals surface area contributed by atoms with Crippen molar-refractivity contribution in [1.29, 1.82) is 0 Å². The van der Waals surface area contributed by atoms with E-state index in [-0.39, 0.29) is 6.42 Å². The molecule has 16 heavy (non-hydrogen) atoms. The second-order valence-electron chi connectivity index (χ2n) is 3.78. The minimum absolute atomic E-state index is 0.363. The van der Waals surface area contributed by atoms with Crippen LogP contribution < -0.4 is 0 Å².